The fourth-order valence-electron chi connectivity index (χ4n) is 2.95. The lowest BCUT2D eigenvalue weighted by atomic mass is 9.99. The first-order chi connectivity index (χ1) is 9.76. The highest BCUT2D eigenvalue weighted by Crippen LogP contribution is 2.25. The number of benzene rings is 1. The van der Waals surface area contributed by atoms with E-state index in [-0.39, 0.29) is 18.7 Å². The highest BCUT2D eigenvalue weighted by molar-refractivity contribution is 5.78. The van der Waals surface area contributed by atoms with E-state index >= 15 is 0 Å². The fourth-order valence-corrected chi connectivity index (χ4v) is 2.95. The zero-order valence-electron chi connectivity index (χ0n) is 11.2. The SMILES string of the molecule is O=C(OC1C[C@H]2C=C[C@@H](C1)N2)C(CO)c1ccccc1. The number of esters is 1. The van der Waals surface area contributed by atoms with Crippen LogP contribution in [0.3, 0.4) is 0 Å². The highest BCUT2D eigenvalue weighted by Gasteiger charge is 2.33. The Morgan fingerprint density at radius 1 is 1.25 bits per heavy atom. The van der Waals surface area contributed by atoms with Gasteiger partial charge in [-0.25, -0.2) is 0 Å². The predicted octanol–water partition coefficient (Wildman–Crippen LogP) is 1.36. The van der Waals surface area contributed by atoms with Gasteiger partial charge >= 0.3 is 5.97 Å². The van der Waals surface area contributed by atoms with Crippen LogP contribution in [0.1, 0.15) is 24.3 Å². The number of rotatable bonds is 4. The largest absolute Gasteiger partial charge is 0.462 e. The van der Waals surface area contributed by atoms with Crippen molar-refractivity contribution < 1.29 is 14.6 Å². The highest BCUT2D eigenvalue weighted by atomic mass is 16.5. The maximum atomic E-state index is 12.3. The van der Waals surface area contributed by atoms with Crippen molar-refractivity contribution in [2.75, 3.05) is 6.61 Å². The molecular weight excluding hydrogens is 254 g/mol. The number of piperidine rings is 1. The summed E-state index contributed by atoms with van der Waals surface area (Å²) in [4.78, 5) is 12.3. The minimum atomic E-state index is -0.586. The van der Waals surface area contributed by atoms with E-state index in [2.05, 4.69) is 17.5 Å². The van der Waals surface area contributed by atoms with Gasteiger partial charge < -0.3 is 15.2 Å². The third kappa shape index (κ3) is 2.76. The number of hydrogen-bond donors (Lipinski definition) is 2. The van der Waals surface area contributed by atoms with E-state index in [1.807, 2.05) is 30.3 Å². The molecule has 106 valence electrons. The van der Waals surface area contributed by atoms with Gasteiger partial charge in [0.15, 0.2) is 0 Å². The van der Waals surface area contributed by atoms with Crippen molar-refractivity contribution in [2.24, 2.45) is 0 Å². The standard InChI is InChI=1S/C16H19NO3/c18-10-15(11-4-2-1-3-5-11)16(19)20-14-8-12-6-7-13(9-14)17-12/h1-7,12-15,17-18H,8-10H2/t12-,13+,14?,15?. The van der Waals surface area contributed by atoms with Gasteiger partial charge in [-0.2, -0.15) is 0 Å². The second kappa shape index (κ2) is 5.77. The number of aliphatic hydroxyl groups excluding tert-OH is 1. The second-order valence-corrected chi connectivity index (χ2v) is 5.44. The third-order valence-corrected chi connectivity index (χ3v) is 3.99. The minimum absolute atomic E-state index is 0.0634. The van der Waals surface area contributed by atoms with E-state index in [4.69, 9.17) is 4.74 Å². The zero-order valence-corrected chi connectivity index (χ0v) is 11.2. The maximum Gasteiger partial charge on any atom is 0.316 e. The number of fused-ring (bicyclic) bond motifs is 2. The number of nitrogens with one attached hydrogen (secondary N) is 1. The summed E-state index contributed by atoms with van der Waals surface area (Å²) >= 11 is 0. The van der Waals surface area contributed by atoms with Crippen molar-refractivity contribution in [1.29, 1.82) is 0 Å². The van der Waals surface area contributed by atoms with Gasteiger partial charge in [-0.15, -0.1) is 0 Å². The third-order valence-electron chi connectivity index (χ3n) is 3.99. The van der Waals surface area contributed by atoms with Crippen LogP contribution in [-0.2, 0) is 9.53 Å². The van der Waals surface area contributed by atoms with E-state index in [1.165, 1.54) is 0 Å². The number of carbonyl (C=O) groups excluding carboxylic acids is 1. The smallest absolute Gasteiger partial charge is 0.316 e. The molecule has 1 fully saturated rings. The van der Waals surface area contributed by atoms with Crippen LogP contribution >= 0.6 is 0 Å². The van der Waals surface area contributed by atoms with Crippen LogP contribution in [0.15, 0.2) is 42.5 Å². The van der Waals surface area contributed by atoms with Crippen LogP contribution in [0.2, 0.25) is 0 Å². The summed E-state index contributed by atoms with van der Waals surface area (Å²) in [6, 6.07) is 9.93. The first-order valence-corrected chi connectivity index (χ1v) is 7.07. The number of hydrogen-bond acceptors (Lipinski definition) is 4. The summed E-state index contributed by atoms with van der Waals surface area (Å²) in [6.45, 7) is -0.223. The first kappa shape index (κ1) is 13.3. The molecule has 2 heterocycles. The van der Waals surface area contributed by atoms with Crippen LogP contribution < -0.4 is 5.32 Å². The molecule has 2 unspecified atom stereocenters. The van der Waals surface area contributed by atoms with Gasteiger partial charge in [0.05, 0.1) is 6.61 Å². The number of ether oxygens (including phenoxy) is 1. The molecule has 20 heavy (non-hydrogen) atoms. The summed E-state index contributed by atoms with van der Waals surface area (Å²) in [6.07, 6.45) is 5.84. The number of carbonyl (C=O) groups is 1. The molecule has 2 N–H and O–H groups in total. The van der Waals surface area contributed by atoms with Crippen LogP contribution in [0.5, 0.6) is 0 Å². The molecule has 0 amide bonds. The molecule has 4 heteroatoms. The second-order valence-electron chi connectivity index (χ2n) is 5.44. The van der Waals surface area contributed by atoms with Crippen molar-refractivity contribution in [3.63, 3.8) is 0 Å². The molecule has 3 rings (SSSR count). The molecule has 1 aromatic rings. The maximum absolute atomic E-state index is 12.3. The molecule has 0 aliphatic carbocycles. The van der Waals surface area contributed by atoms with Gasteiger partial charge in [-0.3, -0.25) is 4.79 Å². The van der Waals surface area contributed by atoms with Gasteiger partial charge in [0, 0.05) is 24.9 Å². The van der Waals surface area contributed by atoms with E-state index < -0.39 is 5.92 Å². The lowest BCUT2D eigenvalue weighted by molar-refractivity contribution is -0.153. The van der Waals surface area contributed by atoms with Gasteiger partial charge in [-0.05, 0) is 5.56 Å². The van der Waals surface area contributed by atoms with Crippen LogP contribution in [0, 0.1) is 0 Å². The van der Waals surface area contributed by atoms with E-state index in [0.29, 0.717) is 12.1 Å². The summed E-state index contributed by atoms with van der Waals surface area (Å²) in [5, 5.41) is 12.9. The summed E-state index contributed by atoms with van der Waals surface area (Å²) in [7, 11) is 0. The molecule has 0 aromatic heterocycles. The van der Waals surface area contributed by atoms with Crippen molar-refractivity contribution in [3.8, 4) is 0 Å². The summed E-state index contributed by atoms with van der Waals surface area (Å²) in [5.41, 5.74) is 0.801. The van der Waals surface area contributed by atoms with Crippen molar-refractivity contribution in [1.82, 2.24) is 5.32 Å². The number of aliphatic hydroxyl groups is 1. The lowest BCUT2D eigenvalue weighted by Gasteiger charge is -2.30. The minimum Gasteiger partial charge on any atom is -0.462 e. The van der Waals surface area contributed by atoms with Crippen molar-refractivity contribution >= 4 is 5.97 Å². The van der Waals surface area contributed by atoms with Crippen LogP contribution in [0.4, 0.5) is 0 Å². The predicted molar refractivity (Wildman–Crippen MR) is 75.2 cm³/mol. The average molecular weight is 273 g/mol. The van der Waals surface area contributed by atoms with Crippen LogP contribution in [0.25, 0.3) is 0 Å². The lowest BCUT2D eigenvalue weighted by Crippen LogP contribution is -2.43. The summed E-state index contributed by atoms with van der Waals surface area (Å²) < 4.78 is 5.60. The monoisotopic (exact) mass is 273 g/mol. The molecule has 2 aliphatic rings. The quantitative estimate of drug-likeness (QED) is 0.642. The Bertz CT molecular complexity index is 486. The molecule has 1 aromatic carbocycles. The zero-order chi connectivity index (χ0) is 13.9. The average Bonchev–Trinajstić information content (AvgIpc) is 2.80. The van der Waals surface area contributed by atoms with Gasteiger partial charge in [0.25, 0.3) is 0 Å². The molecule has 0 saturated carbocycles. The topological polar surface area (TPSA) is 58.6 Å². The molecule has 4 atom stereocenters. The molecule has 2 bridgehead atoms. The summed E-state index contributed by atoms with van der Waals surface area (Å²) in [5.74, 6) is -0.915. The molecular formula is C16H19NO3. The van der Waals surface area contributed by atoms with Gasteiger partial charge in [0.2, 0.25) is 0 Å². The van der Waals surface area contributed by atoms with Crippen molar-refractivity contribution in [2.45, 2.75) is 36.9 Å². The molecule has 0 radical (unpaired) electrons. The van der Waals surface area contributed by atoms with E-state index in [9.17, 15) is 9.90 Å². The molecule has 0 spiro atoms. The Morgan fingerprint density at radius 3 is 2.50 bits per heavy atom. The Labute approximate surface area is 118 Å². The van der Waals surface area contributed by atoms with Crippen LogP contribution in [-0.4, -0.2) is 35.9 Å². The fraction of sp³-hybridized carbons (Fsp3) is 0.438. The Morgan fingerprint density at radius 2 is 1.90 bits per heavy atom. The molecule has 4 nitrogen and oxygen atoms in total. The Kier molecular flexibility index (Phi) is 3.85. The Balaban J connectivity index is 1.63. The van der Waals surface area contributed by atoms with Gasteiger partial charge in [-0.1, -0.05) is 42.5 Å². The van der Waals surface area contributed by atoms with E-state index in [1.54, 1.807) is 0 Å². The molecule has 2 aliphatic heterocycles. The first-order valence-electron chi connectivity index (χ1n) is 7.07. The van der Waals surface area contributed by atoms with Gasteiger partial charge in [0.1, 0.15) is 12.0 Å². The van der Waals surface area contributed by atoms with E-state index in [0.717, 1.165) is 18.4 Å². The van der Waals surface area contributed by atoms with Crippen molar-refractivity contribution in [3.05, 3.63) is 48.0 Å². The Hall–Kier alpha value is -1.65. The molecule has 1 saturated heterocycles. The normalized spacial score (nSPS) is 29.1.